The van der Waals surface area contributed by atoms with E-state index in [1.165, 1.54) is 36.4 Å². The highest BCUT2D eigenvalue weighted by Crippen LogP contribution is 2.32. The number of thioether (sulfide) groups is 1. The number of furan rings is 1. The Morgan fingerprint density at radius 2 is 1.97 bits per heavy atom. The number of ether oxygens (including phenoxy) is 1. The molecule has 0 bridgehead atoms. The molecular formula is C18H13BrF2N2O5S. The van der Waals surface area contributed by atoms with Gasteiger partial charge in [-0.25, -0.2) is 0 Å². The van der Waals surface area contributed by atoms with E-state index in [2.05, 4.69) is 26.0 Å². The Hall–Kier alpha value is -2.66. The molecule has 0 saturated carbocycles. The molecule has 0 atom stereocenters. The van der Waals surface area contributed by atoms with Crippen LogP contribution in [0.4, 0.5) is 13.6 Å². The van der Waals surface area contributed by atoms with Gasteiger partial charge in [-0.3, -0.25) is 19.3 Å². The van der Waals surface area contributed by atoms with E-state index in [-0.39, 0.29) is 29.5 Å². The van der Waals surface area contributed by atoms with E-state index >= 15 is 0 Å². The van der Waals surface area contributed by atoms with Crippen molar-refractivity contribution in [2.75, 3.05) is 13.1 Å². The maximum absolute atomic E-state index is 12.4. The fraction of sp³-hybridized carbons (Fsp3) is 0.167. The summed E-state index contributed by atoms with van der Waals surface area (Å²) in [4.78, 5) is 37.6. The molecule has 1 saturated heterocycles. The van der Waals surface area contributed by atoms with Crippen LogP contribution in [0.5, 0.6) is 5.75 Å². The Kier molecular flexibility index (Phi) is 6.70. The van der Waals surface area contributed by atoms with Crippen molar-refractivity contribution < 1.29 is 32.3 Å². The van der Waals surface area contributed by atoms with Gasteiger partial charge in [0.2, 0.25) is 0 Å². The molecule has 1 fully saturated rings. The lowest BCUT2D eigenvalue weighted by atomic mass is 10.2. The Balaban J connectivity index is 1.57. The first-order valence-corrected chi connectivity index (χ1v) is 9.78. The number of halogens is 3. The van der Waals surface area contributed by atoms with Crippen LogP contribution in [0.15, 0.2) is 50.4 Å². The zero-order chi connectivity index (χ0) is 21.0. The SMILES string of the molecule is O=C(NCCN1C(=O)S/C(=C\c2ccc(OC(F)F)cc2)C1=O)c1ccc(Br)o1. The molecule has 1 aromatic heterocycles. The molecule has 0 radical (unpaired) electrons. The number of carbonyl (C=O) groups is 3. The number of amides is 3. The number of imide groups is 1. The smallest absolute Gasteiger partial charge is 0.387 e. The summed E-state index contributed by atoms with van der Waals surface area (Å²) in [6.07, 6.45) is 1.48. The standard InChI is InChI=1S/C18H13BrF2N2O5S/c19-14-6-5-12(28-14)15(24)22-7-8-23-16(25)13(29-18(23)26)9-10-1-3-11(4-2-10)27-17(20)21/h1-6,9,17H,7-8H2,(H,22,24)/b13-9-. The van der Waals surface area contributed by atoms with Crippen LogP contribution in [0.25, 0.3) is 6.08 Å². The van der Waals surface area contributed by atoms with Gasteiger partial charge in [0.15, 0.2) is 10.4 Å². The highest BCUT2D eigenvalue weighted by molar-refractivity contribution is 9.10. The van der Waals surface area contributed by atoms with Crippen molar-refractivity contribution in [2.24, 2.45) is 0 Å². The Bertz CT molecular complexity index is 961. The van der Waals surface area contributed by atoms with Gasteiger partial charge in [0.05, 0.1) is 4.91 Å². The zero-order valence-electron chi connectivity index (χ0n) is 14.6. The quantitative estimate of drug-likeness (QED) is 0.592. The Morgan fingerprint density at radius 3 is 2.59 bits per heavy atom. The summed E-state index contributed by atoms with van der Waals surface area (Å²) < 4.78 is 34.1. The number of hydrogen-bond donors (Lipinski definition) is 1. The van der Waals surface area contributed by atoms with E-state index in [9.17, 15) is 23.2 Å². The molecule has 2 heterocycles. The fourth-order valence-electron chi connectivity index (χ4n) is 2.39. The third kappa shape index (κ3) is 5.45. The summed E-state index contributed by atoms with van der Waals surface area (Å²) in [5, 5.41) is 2.10. The number of hydrogen-bond acceptors (Lipinski definition) is 6. The van der Waals surface area contributed by atoms with Gasteiger partial charge in [-0.2, -0.15) is 8.78 Å². The lowest BCUT2D eigenvalue weighted by molar-refractivity contribution is -0.122. The second kappa shape index (κ2) is 9.23. The molecule has 0 aliphatic carbocycles. The predicted octanol–water partition coefficient (Wildman–Crippen LogP) is 4.11. The Morgan fingerprint density at radius 1 is 1.24 bits per heavy atom. The maximum Gasteiger partial charge on any atom is 0.387 e. The summed E-state index contributed by atoms with van der Waals surface area (Å²) in [5.74, 6) is -0.873. The molecular weight excluding hydrogens is 474 g/mol. The molecule has 1 aromatic carbocycles. The lowest BCUT2D eigenvalue weighted by Gasteiger charge is -2.12. The van der Waals surface area contributed by atoms with Gasteiger partial charge >= 0.3 is 6.61 Å². The number of nitrogens with one attached hydrogen (secondary N) is 1. The van der Waals surface area contributed by atoms with Crippen LogP contribution in [0.3, 0.4) is 0 Å². The van der Waals surface area contributed by atoms with Crippen LogP contribution in [0, 0.1) is 0 Å². The first-order valence-electron chi connectivity index (χ1n) is 8.17. The van der Waals surface area contributed by atoms with Gasteiger partial charge < -0.3 is 14.5 Å². The van der Waals surface area contributed by atoms with Crippen molar-refractivity contribution in [3.63, 3.8) is 0 Å². The van der Waals surface area contributed by atoms with E-state index in [0.717, 1.165) is 16.7 Å². The average molecular weight is 487 g/mol. The summed E-state index contributed by atoms with van der Waals surface area (Å²) in [6.45, 7) is -2.87. The topological polar surface area (TPSA) is 88.9 Å². The van der Waals surface area contributed by atoms with Crippen molar-refractivity contribution in [1.82, 2.24) is 10.2 Å². The van der Waals surface area contributed by atoms with Crippen LogP contribution in [0.2, 0.25) is 0 Å². The van der Waals surface area contributed by atoms with Gasteiger partial charge in [0.1, 0.15) is 5.75 Å². The van der Waals surface area contributed by atoms with Gasteiger partial charge in [-0.1, -0.05) is 12.1 Å². The largest absolute Gasteiger partial charge is 0.444 e. The molecule has 1 N–H and O–H groups in total. The first-order chi connectivity index (χ1) is 13.8. The monoisotopic (exact) mass is 486 g/mol. The van der Waals surface area contributed by atoms with Crippen molar-refractivity contribution >= 4 is 50.8 Å². The van der Waals surface area contributed by atoms with Crippen molar-refractivity contribution in [1.29, 1.82) is 0 Å². The van der Waals surface area contributed by atoms with Crippen molar-refractivity contribution in [3.8, 4) is 5.75 Å². The van der Waals surface area contributed by atoms with E-state index in [0.29, 0.717) is 10.2 Å². The molecule has 1 aliphatic rings. The number of alkyl halides is 2. The number of nitrogens with zero attached hydrogens (tertiary/aromatic N) is 1. The summed E-state index contributed by atoms with van der Waals surface area (Å²) in [6, 6.07) is 8.72. The third-order valence-corrected chi connectivity index (χ3v) is 5.03. The molecule has 7 nitrogen and oxygen atoms in total. The minimum atomic E-state index is -2.92. The fourth-order valence-corrected chi connectivity index (χ4v) is 3.57. The molecule has 29 heavy (non-hydrogen) atoms. The van der Waals surface area contributed by atoms with Gasteiger partial charge in [-0.15, -0.1) is 0 Å². The predicted molar refractivity (Wildman–Crippen MR) is 104 cm³/mol. The normalized spacial score (nSPS) is 15.4. The molecule has 1 aliphatic heterocycles. The molecule has 0 spiro atoms. The minimum Gasteiger partial charge on any atom is -0.444 e. The summed E-state index contributed by atoms with van der Waals surface area (Å²) >= 11 is 3.85. The van der Waals surface area contributed by atoms with Crippen LogP contribution in [-0.2, 0) is 4.79 Å². The maximum atomic E-state index is 12.4. The zero-order valence-corrected chi connectivity index (χ0v) is 17.0. The van der Waals surface area contributed by atoms with Gasteiger partial charge in [0, 0.05) is 13.1 Å². The highest BCUT2D eigenvalue weighted by Gasteiger charge is 2.34. The van der Waals surface area contributed by atoms with Crippen molar-refractivity contribution in [3.05, 3.63) is 57.3 Å². The second-order valence-corrected chi connectivity index (χ2v) is 7.42. The molecule has 3 rings (SSSR count). The van der Waals surface area contributed by atoms with Crippen LogP contribution < -0.4 is 10.1 Å². The Labute approximate surface area is 176 Å². The van der Waals surface area contributed by atoms with Crippen LogP contribution in [0.1, 0.15) is 16.1 Å². The molecule has 152 valence electrons. The molecule has 3 amide bonds. The second-order valence-electron chi connectivity index (χ2n) is 5.64. The molecule has 2 aromatic rings. The van der Waals surface area contributed by atoms with E-state index < -0.39 is 23.7 Å². The van der Waals surface area contributed by atoms with Crippen LogP contribution >= 0.6 is 27.7 Å². The summed E-state index contributed by atoms with van der Waals surface area (Å²) in [5.41, 5.74) is 0.550. The van der Waals surface area contributed by atoms with Crippen LogP contribution in [-0.4, -0.2) is 41.7 Å². The van der Waals surface area contributed by atoms with Gasteiger partial charge in [-0.05, 0) is 63.6 Å². The van der Waals surface area contributed by atoms with E-state index in [1.54, 1.807) is 6.07 Å². The number of carbonyl (C=O) groups excluding carboxylic acids is 3. The van der Waals surface area contributed by atoms with Gasteiger partial charge in [0.25, 0.3) is 17.1 Å². The van der Waals surface area contributed by atoms with E-state index in [1.807, 2.05) is 0 Å². The van der Waals surface area contributed by atoms with E-state index in [4.69, 9.17) is 4.42 Å². The lowest BCUT2D eigenvalue weighted by Crippen LogP contribution is -2.37. The average Bonchev–Trinajstić information content (AvgIpc) is 3.21. The number of benzene rings is 1. The summed E-state index contributed by atoms with van der Waals surface area (Å²) in [7, 11) is 0. The third-order valence-electron chi connectivity index (χ3n) is 3.69. The highest BCUT2D eigenvalue weighted by atomic mass is 79.9. The minimum absolute atomic E-state index is 0.00318. The number of rotatable bonds is 7. The molecule has 11 heteroatoms. The van der Waals surface area contributed by atoms with Crippen molar-refractivity contribution in [2.45, 2.75) is 6.61 Å². The first kappa shape index (κ1) is 21.1. The molecule has 0 unspecified atom stereocenters.